The minimum absolute atomic E-state index is 0.235. The first-order chi connectivity index (χ1) is 11.3. The molecule has 0 bridgehead atoms. The summed E-state index contributed by atoms with van der Waals surface area (Å²) in [5, 5.41) is 2.68. The molecule has 132 valence electrons. The van der Waals surface area contributed by atoms with Crippen LogP contribution in [0.25, 0.3) is 0 Å². The smallest absolute Gasteiger partial charge is 0.411 e. The molecular weight excluding hydrogens is 306 g/mol. The molecule has 6 nitrogen and oxygen atoms in total. The summed E-state index contributed by atoms with van der Waals surface area (Å²) >= 11 is 0. The Hall–Kier alpha value is -2.24. The lowest BCUT2D eigenvalue weighted by molar-refractivity contribution is 0.0105. The molecule has 1 N–H and O–H groups in total. The topological polar surface area (TPSA) is 61.9 Å². The summed E-state index contributed by atoms with van der Waals surface area (Å²) in [7, 11) is 1.60. The van der Waals surface area contributed by atoms with E-state index >= 15 is 0 Å². The first-order valence-electron chi connectivity index (χ1n) is 8.39. The number of hydrogen-bond acceptors (Lipinski definition) is 3. The van der Waals surface area contributed by atoms with Crippen LogP contribution in [-0.4, -0.2) is 42.4 Å². The third kappa shape index (κ3) is 4.40. The highest BCUT2D eigenvalue weighted by Gasteiger charge is 2.36. The zero-order valence-electron chi connectivity index (χ0n) is 14.9. The summed E-state index contributed by atoms with van der Waals surface area (Å²) in [4.78, 5) is 28.4. The maximum Gasteiger partial charge on any atom is 0.411 e. The molecule has 2 rings (SSSR count). The maximum absolute atomic E-state index is 12.6. The average Bonchev–Trinajstić information content (AvgIpc) is 2.54. The van der Waals surface area contributed by atoms with Crippen LogP contribution in [0.5, 0.6) is 0 Å². The Labute approximate surface area is 143 Å². The van der Waals surface area contributed by atoms with Crippen LogP contribution in [0.4, 0.5) is 15.3 Å². The highest BCUT2D eigenvalue weighted by Crippen LogP contribution is 2.27. The van der Waals surface area contributed by atoms with Crippen molar-refractivity contribution in [3.8, 4) is 0 Å². The van der Waals surface area contributed by atoms with Crippen LogP contribution in [0, 0.1) is 0 Å². The summed E-state index contributed by atoms with van der Waals surface area (Å²) in [6, 6.07) is 9.17. The van der Waals surface area contributed by atoms with E-state index in [2.05, 4.69) is 5.32 Å². The summed E-state index contributed by atoms with van der Waals surface area (Å²) in [5.74, 6) is 0. The standard InChI is InChI=1S/C18H27N3O3/c1-18(2,3)24-17(23)20-13-9-8-12-15(20)21(16(22)19-4)14-10-6-5-7-11-14/h5-7,10-11,15H,8-9,12-13H2,1-4H3,(H,19,22). The molecule has 1 aliphatic heterocycles. The van der Waals surface area contributed by atoms with Crippen molar-refractivity contribution in [1.29, 1.82) is 0 Å². The van der Waals surface area contributed by atoms with Gasteiger partial charge in [0.2, 0.25) is 0 Å². The number of nitrogens with one attached hydrogen (secondary N) is 1. The number of carbonyl (C=O) groups is 2. The number of urea groups is 1. The van der Waals surface area contributed by atoms with Crippen molar-refractivity contribution in [1.82, 2.24) is 10.2 Å². The molecule has 1 fully saturated rings. The van der Waals surface area contributed by atoms with Gasteiger partial charge in [-0.15, -0.1) is 0 Å². The van der Waals surface area contributed by atoms with E-state index < -0.39 is 5.60 Å². The molecule has 0 radical (unpaired) electrons. The Kier molecular flexibility index (Phi) is 5.70. The van der Waals surface area contributed by atoms with Gasteiger partial charge >= 0.3 is 12.1 Å². The molecule has 0 aromatic heterocycles. The Bertz CT molecular complexity index is 569. The fourth-order valence-electron chi connectivity index (χ4n) is 2.85. The monoisotopic (exact) mass is 333 g/mol. The van der Waals surface area contributed by atoms with Crippen molar-refractivity contribution in [3.63, 3.8) is 0 Å². The fourth-order valence-corrected chi connectivity index (χ4v) is 2.85. The SMILES string of the molecule is CNC(=O)N(c1ccccc1)C1CCCCN1C(=O)OC(C)(C)C. The molecule has 1 aliphatic rings. The zero-order chi connectivity index (χ0) is 17.7. The number of hydrogen-bond donors (Lipinski definition) is 1. The van der Waals surface area contributed by atoms with E-state index in [1.807, 2.05) is 51.1 Å². The highest BCUT2D eigenvalue weighted by atomic mass is 16.6. The van der Waals surface area contributed by atoms with Crippen LogP contribution in [0.1, 0.15) is 40.0 Å². The lowest BCUT2D eigenvalue weighted by Crippen LogP contribution is -2.58. The van der Waals surface area contributed by atoms with Crippen molar-refractivity contribution in [3.05, 3.63) is 30.3 Å². The minimum Gasteiger partial charge on any atom is -0.444 e. The summed E-state index contributed by atoms with van der Waals surface area (Å²) in [6.45, 7) is 6.12. The lowest BCUT2D eigenvalue weighted by Gasteiger charge is -2.42. The Morgan fingerprint density at radius 3 is 2.46 bits per heavy atom. The number of para-hydroxylation sites is 1. The molecule has 1 atom stereocenters. The number of anilines is 1. The highest BCUT2D eigenvalue weighted by molar-refractivity contribution is 5.93. The summed E-state index contributed by atoms with van der Waals surface area (Å²) in [5.41, 5.74) is 0.196. The van der Waals surface area contributed by atoms with Gasteiger partial charge in [0.15, 0.2) is 0 Å². The molecule has 3 amide bonds. The quantitative estimate of drug-likeness (QED) is 0.900. The molecule has 1 aromatic rings. The lowest BCUT2D eigenvalue weighted by atomic mass is 10.1. The first-order valence-corrected chi connectivity index (χ1v) is 8.39. The van der Waals surface area contributed by atoms with E-state index in [-0.39, 0.29) is 18.3 Å². The molecule has 24 heavy (non-hydrogen) atoms. The van der Waals surface area contributed by atoms with Crippen LogP contribution in [0.2, 0.25) is 0 Å². The van der Waals surface area contributed by atoms with Gasteiger partial charge in [0.25, 0.3) is 0 Å². The predicted molar refractivity (Wildman–Crippen MR) is 94.0 cm³/mol. The number of rotatable bonds is 2. The van der Waals surface area contributed by atoms with Gasteiger partial charge in [0.1, 0.15) is 11.8 Å². The molecule has 1 heterocycles. The number of benzene rings is 1. The molecule has 1 saturated heterocycles. The van der Waals surface area contributed by atoms with Crippen molar-refractivity contribution in [2.24, 2.45) is 0 Å². The molecule has 1 unspecified atom stereocenters. The van der Waals surface area contributed by atoms with Crippen molar-refractivity contribution in [2.45, 2.75) is 51.8 Å². The maximum atomic E-state index is 12.6. The van der Waals surface area contributed by atoms with Gasteiger partial charge in [-0.2, -0.15) is 0 Å². The Morgan fingerprint density at radius 1 is 1.21 bits per heavy atom. The van der Waals surface area contributed by atoms with E-state index in [0.717, 1.165) is 24.9 Å². The van der Waals surface area contributed by atoms with E-state index in [0.29, 0.717) is 6.54 Å². The fraction of sp³-hybridized carbons (Fsp3) is 0.556. The molecule has 1 aromatic carbocycles. The van der Waals surface area contributed by atoms with Crippen molar-refractivity contribution in [2.75, 3.05) is 18.5 Å². The third-order valence-electron chi connectivity index (χ3n) is 3.86. The van der Waals surface area contributed by atoms with Crippen LogP contribution in [0.3, 0.4) is 0 Å². The average molecular weight is 333 g/mol. The largest absolute Gasteiger partial charge is 0.444 e. The normalized spacial score (nSPS) is 18.0. The molecule has 0 spiro atoms. The number of likely N-dealkylation sites (tertiary alicyclic amines) is 1. The van der Waals surface area contributed by atoms with Gasteiger partial charge in [-0.1, -0.05) is 18.2 Å². The molecule has 6 heteroatoms. The number of nitrogens with zero attached hydrogens (tertiary/aromatic N) is 2. The summed E-state index contributed by atoms with van der Waals surface area (Å²) < 4.78 is 5.54. The van der Waals surface area contributed by atoms with Gasteiger partial charge in [-0.05, 0) is 52.2 Å². The Balaban J connectivity index is 2.31. The number of piperidine rings is 1. The second kappa shape index (κ2) is 7.55. The number of ether oxygens (including phenoxy) is 1. The summed E-state index contributed by atoms with van der Waals surface area (Å²) in [6.07, 6.45) is 1.87. The molecule has 0 saturated carbocycles. The predicted octanol–water partition coefficient (Wildman–Crippen LogP) is 3.58. The second-order valence-electron chi connectivity index (χ2n) is 6.91. The number of amides is 3. The van der Waals surface area contributed by atoms with Crippen LogP contribution in [-0.2, 0) is 4.74 Å². The Morgan fingerprint density at radius 2 is 1.88 bits per heavy atom. The van der Waals surface area contributed by atoms with Gasteiger partial charge in [0.05, 0.1) is 0 Å². The zero-order valence-corrected chi connectivity index (χ0v) is 14.9. The van der Waals surface area contributed by atoms with Gasteiger partial charge in [0, 0.05) is 19.3 Å². The van der Waals surface area contributed by atoms with Gasteiger partial charge < -0.3 is 10.1 Å². The van der Waals surface area contributed by atoms with Crippen LogP contribution >= 0.6 is 0 Å². The molecule has 0 aliphatic carbocycles. The van der Waals surface area contributed by atoms with Crippen molar-refractivity contribution < 1.29 is 14.3 Å². The van der Waals surface area contributed by atoms with E-state index in [9.17, 15) is 9.59 Å². The minimum atomic E-state index is -0.566. The van der Waals surface area contributed by atoms with E-state index in [1.165, 1.54) is 0 Å². The third-order valence-corrected chi connectivity index (χ3v) is 3.86. The van der Waals surface area contributed by atoms with Crippen LogP contribution < -0.4 is 10.2 Å². The van der Waals surface area contributed by atoms with Gasteiger partial charge in [-0.25, -0.2) is 9.59 Å². The second-order valence-corrected chi connectivity index (χ2v) is 6.91. The van der Waals surface area contributed by atoms with E-state index in [4.69, 9.17) is 4.74 Å². The molecular formula is C18H27N3O3. The first kappa shape index (κ1) is 18.1. The van der Waals surface area contributed by atoms with E-state index in [1.54, 1.807) is 16.8 Å². The van der Waals surface area contributed by atoms with Gasteiger partial charge in [-0.3, -0.25) is 9.80 Å². The number of carbonyl (C=O) groups excluding carboxylic acids is 2. The van der Waals surface area contributed by atoms with Crippen molar-refractivity contribution >= 4 is 17.8 Å². The van der Waals surface area contributed by atoms with Crippen LogP contribution in [0.15, 0.2) is 30.3 Å².